The smallest absolute Gasteiger partial charge is 0.167 e. The van der Waals surface area contributed by atoms with Gasteiger partial charge in [-0.1, -0.05) is 155 Å². The highest BCUT2D eigenvalue weighted by Gasteiger charge is 2.57. The molecule has 7 aromatic carbocycles. The molecule has 4 heteroatoms. The van der Waals surface area contributed by atoms with Gasteiger partial charge < -0.3 is 4.42 Å². The van der Waals surface area contributed by atoms with Gasteiger partial charge in [0.05, 0.1) is 5.56 Å². The van der Waals surface area contributed by atoms with E-state index in [1.165, 1.54) is 87.7 Å². The molecule has 0 radical (unpaired) electrons. The number of aromatic nitrogens is 3. The molecule has 2 saturated carbocycles. The minimum atomic E-state index is -0.0642. The molecule has 64 heavy (non-hydrogen) atoms. The molecule has 0 N–H and O–H groups in total. The predicted octanol–water partition coefficient (Wildman–Crippen LogP) is 15.5. The number of para-hydroxylation sites is 2. The van der Waals surface area contributed by atoms with Crippen LogP contribution in [0.25, 0.3) is 89.5 Å². The molecule has 2 heterocycles. The second-order valence-corrected chi connectivity index (χ2v) is 20.0. The largest absolute Gasteiger partial charge is 0.455 e. The van der Waals surface area contributed by atoms with Crippen LogP contribution in [0.4, 0.5) is 0 Å². The predicted molar refractivity (Wildman–Crippen MR) is 261 cm³/mol. The Labute approximate surface area is 375 Å². The van der Waals surface area contributed by atoms with Gasteiger partial charge >= 0.3 is 0 Å². The molecule has 0 amide bonds. The first-order valence-corrected chi connectivity index (χ1v) is 23.6. The standard InChI is InChI=1S/C60H51N3O/c1-5-36-29-37-28-35(2)60(42(30-36)31-37)52-27-24-41(33-49(52)44-25-22-40(34-53(44)60)39-23-26-51-48(32-39)43-16-9-11-20-50(43)59(51,3)4)57-61-56(38-14-7-6-8-15-38)62-58(63-57)47-19-13-18-46-45-17-10-12-21-54(45)64-55(46)47/h6-27,32-37,42H,5,28-31H2,1-4H3. The number of hydrogen-bond acceptors (Lipinski definition) is 4. The van der Waals surface area contributed by atoms with Crippen molar-refractivity contribution >= 4 is 21.9 Å². The monoisotopic (exact) mass is 829 g/mol. The van der Waals surface area contributed by atoms with E-state index in [2.05, 4.69) is 149 Å². The first-order chi connectivity index (χ1) is 31.3. The summed E-state index contributed by atoms with van der Waals surface area (Å²) in [6.45, 7) is 9.73. The topological polar surface area (TPSA) is 51.8 Å². The van der Waals surface area contributed by atoms with E-state index < -0.39 is 0 Å². The maximum atomic E-state index is 6.54. The molecular weight excluding hydrogens is 779 g/mol. The SMILES string of the molecule is CCC1CC2CC(C)C3(c4ccc(-c5nc(-c6ccccc6)nc(-c6cccc7c6oc6ccccc67)n5)cc4-c4ccc(-c5ccc6c(c5)-c5ccccc5C6(C)C)cc43)C(C1)C2. The molecule has 4 nitrogen and oxygen atoms in total. The van der Waals surface area contributed by atoms with Gasteiger partial charge in [0.25, 0.3) is 0 Å². The summed E-state index contributed by atoms with van der Waals surface area (Å²) in [5.74, 6) is 4.61. The molecule has 1 spiro atoms. The lowest BCUT2D eigenvalue weighted by molar-refractivity contribution is 0.0368. The number of rotatable bonds is 5. The fourth-order valence-corrected chi connectivity index (χ4v) is 13.4. The van der Waals surface area contributed by atoms with Gasteiger partial charge in [-0.25, -0.2) is 15.0 Å². The summed E-state index contributed by atoms with van der Waals surface area (Å²) in [6, 6.07) is 55.7. The fourth-order valence-electron chi connectivity index (χ4n) is 13.4. The zero-order chi connectivity index (χ0) is 42.9. The van der Waals surface area contributed by atoms with Gasteiger partial charge in [0.1, 0.15) is 11.2 Å². The molecule has 0 aliphatic heterocycles. The summed E-state index contributed by atoms with van der Waals surface area (Å²) < 4.78 is 6.54. The Kier molecular flexibility index (Phi) is 8.24. The van der Waals surface area contributed by atoms with Gasteiger partial charge in [-0.15, -0.1) is 0 Å². The Morgan fingerprint density at radius 2 is 1.14 bits per heavy atom. The third-order valence-electron chi connectivity index (χ3n) is 16.3. The van der Waals surface area contributed by atoms with E-state index in [1.54, 1.807) is 0 Å². The van der Waals surface area contributed by atoms with Gasteiger partial charge in [0.2, 0.25) is 0 Å². The molecule has 5 atom stereocenters. The number of furan rings is 1. The van der Waals surface area contributed by atoms with Crippen LogP contribution in [-0.2, 0) is 10.8 Å². The van der Waals surface area contributed by atoms with Crippen molar-refractivity contribution in [2.75, 3.05) is 0 Å². The second-order valence-electron chi connectivity index (χ2n) is 20.0. The first kappa shape index (κ1) is 37.9. The van der Waals surface area contributed by atoms with Crippen LogP contribution in [0, 0.1) is 23.7 Å². The van der Waals surface area contributed by atoms with Crippen LogP contribution in [0.2, 0.25) is 0 Å². The molecule has 4 aliphatic carbocycles. The van der Waals surface area contributed by atoms with Crippen molar-refractivity contribution in [3.05, 3.63) is 174 Å². The fraction of sp³-hybridized carbons (Fsp3) is 0.250. The highest BCUT2D eigenvalue weighted by Crippen LogP contribution is 2.65. The lowest BCUT2D eigenvalue weighted by atomic mass is 9.49. The molecule has 0 saturated heterocycles. The quantitative estimate of drug-likeness (QED) is 0.173. The van der Waals surface area contributed by atoms with E-state index >= 15 is 0 Å². The molecule has 5 unspecified atom stereocenters. The second kappa shape index (κ2) is 13.9. The van der Waals surface area contributed by atoms with Crippen molar-refractivity contribution in [2.24, 2.45) is 23.7 Å². The Hall–Kier alpha value is -6.65. The third-order valence-corrected chi connectivity index (χ3v) is 16.3. The Bertz CT molecular complexity index is 3360. The zero-order valence-corrected chi connectivity index (χ0v) is 37.0. The molecular formula is C60H51N3O. The van der Waals surface area contributed by atoms with Gasteiger partial charge in [-0.2, -0.15) is 0 Å². The van der Waals surface area contributed by atoms with E-state index in [1.807, 2.05) is 30.3 Å². The summed E-state index contributed by atoms with van der Waals surface area (Å²) in [5.41, 5.74) is 18.3. The van der Waals surface area contributed by atoms with Gasteiger partial charge in [0, 0.05) is 32.7 Å². The average Bonchev–Trinajstić information content (AvgIpc) is 3.94. The molecule has 9 aromatic rings. The van der Waals surface area contributed by atoms with Crippen LogP contribution in [0.3, 0.4) is 0 Å². The van der Waals surface area contributed by atoms with Crippen molar-refractivity contribution < 1.29 is 4.42 Å². The summed E-state index contributed by atoms with van der Waals surface area (Å²) in [5, 5.41) is 2.14. The zero-order valence-electron chi connectivity index (χ0n) is 37.0. The molecule has 13 rings (SSSR count). The maximum Gasteiger partial charge on any atom is 0.167 e. The Balaban J connectivity index is 0.995. The number of hydrogen-bond donors (Lipinski definition) is 0. The summed E-state index contributed by atoms with van der Waals surface area (Å²) in [4.78, 5) is 15.7. The van der Waals surface area contributed by atoms with Crippen molar-refractivity contribution in [1.82, 2.24) is 15.0 Å². The average molecular weight is 830 g/mol. The van der Waals surface area contributed by atoms with Gasteiger partial charge in [-0.3, -0.25) is 0 Å². The Morgan fingerprint density at radius 3 is 2.02 bits per heavy atom. The normalized spacial score (nSPS) is 22.4. The minimum Gasteiger partial charge on any atom is -0.455 e. The van der Waals surface area contributed by atoms with Gasteiger partial charge in [0.15, 0.2) is 17.5 Å². The van der Waals surface area contributed by atoms with Crippen LogP contribution in [0.5, 0.6) is 0 Å². The van der Waals surface area contributed by atoms with Crippen LogP contribution in [0.15, 0.2) is 156 Å². The third kappa shape index (κ3) is 5.38. The minimum absolute atomic E-state index is 0.0153. The Morgan fingerprint density at radius 1 is 0.500 bits per heavy atom. The number of fused-ring (bicyclic) bond motifs is 14. The highest BCUT2D eigenvalue weighted by molar-refractivity contribution is 6.09. The van der Waals surface area contributed by atoms with Crippen molar-refractivity contribution in [2.45, 2.75) is 70.6 Å². The molecule has 312 valence electrons. The summed E-state index contributed by atoms with van der Waals surface area (Å²) in [7, 11) is 0. The lowest BCUT2D eigenvalue weighted by Gasteiger charge is -2.54. The number of benzene rings is 7. The maximum absolute atomic E-state index is 6.54. The van der Waals surface area contributed by atoms with E-state index in [0.29, 0.717) is 29.3 Å². The van der Waals surface area contributed by atoms with Crippen molar-refractivity contribution in [1.29, 1.82) is 0 Å². The van der Waals surface area contributed by atoms with E-state index in [0.717, 1.165) is 50.5 Å². The highest BCUT2D eigenvalue weighted by atomic mass is 16.3. The van der Waals surface area contributed by atoms with Gasteiger partial charge in [-0.05, 0) is 135 Å². The number of nitrogens with zero attached hydrogens (tertiary/aromatic N) is 3. The molecule has 4 aliphatic rings. The molecule has 2 bridgehead atoms. The van der Waals surface area contributed by atoms with Crippen LogP contribution >= 0.6 is 0 Å². The summed E-state index contributed by atoms with van der Waals surface area (Å²) in [6.07, 6.45) is 6.51. The van der Waals surface area contributed by atoms with Crippen molar-refractivity contribution in [3.8, 4) is 67.5 Å². The molecule has 2 aromatic heterocycles. The van der Waals surface area contributed by atoms with Crippen molar-refractivity contribution in [3.63, 3.8) is 0 Å². The first-order valence-electron chi connectivity index (χ1n) is 23.6. The van der Waals surface area contributed by atoms with Crippen LogP contribution in [-0.4, -0.2) is 15.0 Å². The van der Waals surface area contributed by atoms with E-state index in [4.69, 9.17) is 19.4 Å². The lowest BCUT2D eigenvalue weighted by Crippen LogP contribution is -2.49. The summed E-state index contributed by atoms with van der Waals surface area (Å²) >= 11 is 0. The van der Waals surface area contributed by atoms with Crippen LogP contribution < -0.4 is 0 Å². The molecule has 2 fully saturated rings. The van der Waals surface area contributed by atoms with E-state index in [-0.39, 0.29) is 10.8 Å². The van der Waals surface area contributed by atoms with Crippen LogP contribution in [0.1, 0.15) is 82.1 Å². The van der Waals surface area contributed by atoms with E-state index in [9.17, 15) is 0 Å².